The molecule has 8 nitrogen and oxygen atoms in total. The van der Waals surface area contributed by atoms with Crippen LogP contribution < -0.4 is 15.8 Å². The van der Waals surface area contributed by atoms with E-state index in [1.807, 2.05) is 0 Å². The van der Waals surface area contributed by atoms with E-state index in [0.29, 0.717) is 28.1 Å². The zero-order chi connectivity index (χ0) is 33.1. The van der Waals surface area contributed by atoms with Gasteiger partial charge in [-0.1, -0.05) is 12.1 Å². The number of hydrogen-bond acceptors (Lipinski definition) is 6. The van der Waals surface area contributed by atoms with Gasteiger partial charge in [-0.15, -0.1) is 0 Å². The molecular weight excluding hydrogens is 616 g/mol. The molecule has 0 saturated carbocycles. The summed E-state index contributed by atoms with van der Waals surface area (Å²) in [6, 6.07) is 17.6. The summed E-state index contributed by atoms with van der Waals surface area (Å²) in [7, 11) is 0. The van der Waals surface area contributed by atoms with Crippen molar-refractivity contribution >= 4 is 34.7 Å². The topological polar surface area (TPSA) is 111 Å². The smallest absolute Gasteiger partial charge is 0.253 e. The minimum Gasteiger partial charge on any atom is -0.455 e. The number of rotatable bonds is 8. The summed E-state index contributed by atoms with van der Waals surface area (Å²) < 4.78 is 68.6. The second-order valence-corrected chi connectivity index (χ2v) is 11.1. The number of amides is 2. The first-order valence-electron chi connectivity index (χ1n) is 14.7. The number of aromatic nitrogens is 1. The number of nitrogens with two attached hydrogens (primary N) is 1. The van der Waals surface area contributed by atoms with E-state index in [0.717, 1.165) is 6.07 Å². The molecule has 0 bridgehead atoms. The molecule has 0 atom stereocenters. The number of ether oxygens (including phenoxy) is 1. The molecule has 0 radical (unpaired) electrons. The lowest BCUT2D eigenvalue weighted by molar-refractivity contribution is -0.116. The van der Waals surface area contributed by atoms with Crippen molar-refractivity contribution < 1.29 is 36.3 Å². The first kappa shape index (κ1) is 31.3. The summed E-state index contributed by atoms with van der Waals surface area (Å²) in [6.07, 6.45) is 3.56. The standard InChI is InChI=1S/C35H28F4N4O4/c36-25-2-1-3-26(18-25)46-30-17-23(28-7-6-22(16-29(28)37)34(45)43-12-10-35(38,39)11-13-43)14-24-15-27(47-33(24)30)20-42-32(44)9-5-21-4-8-31(40)41-19-21/h1-9,14-19H,10-13,20H2,(H2,40,41)(H,42,44)/b9-5+. The van der Waals surface area contributed by atoms with Gasteiger partial charge in [0.2, 0.25) is 5.91 Å². The van der Waals surface area contributed by atoms with Crippen LogP contribution in [-0.2, 0) is 11.3 Å². The molecule has 3 aromatic carbocycles. The van der Waals surface area contributed by atoms with Crippen molar-refractivity contribution in [1.82, 2.24) is 15.2 Å². The van der Waals surface area contributed by atoms with Crippen LogP contribution in [0.5, 0.6) is 11.5 Å². The first-order valence-corrected chi connectivity index (χ1v) is 14.7. The van der Waals surface area contributed by atoms with Crippen LogP contribution in [0.3, 0.4) is 0 Å². The molecule has 3 N–H and O–H groups in total. The van der Waals surface area contributed by atoms with Gasteiger partial charge in [-0.3, -0.25) is 9.59 Å². The van der Waals surface area contributed by atoms with Crippen molar-refractivity contribution in [2.24, 2.45) is 0 Å². The van der Waals surface area contributed by atoms with Gasteiger partial charge in [0.05, 0.1) is 6.54 Å². The molecule has 1 fully saturated rings. The third kappa shape index (κ3) is 7.43. The van der Waals surface area contributed by atoms with Crippen LogP contribution in [-0.4, -0.2) is 40.7 Å². The van der Waals surface area contributed by atoms with Gasteiger partial charge in [-0.2, -0.15) is 0 Å². The van der Waals surface area contributed by atoms with E-state index in [1.54, 1.807) is 36.4 Å². The minimum atomic E-state index is -2.82. The maximum absolute atomic E-state index is 15.6. The number of piperidine rings is 1. The van der Waals surface area contributed by atoms with Crippen molar-refractivity contribution in [3.8, 4) is 22.6 Å². The average Bonchev–Trinajstić information content (AvgIpc) is 3.46. The van der Waals surface area contributed by atoms with Crippen LogP contribution in [0.4, 0.5) is 23.4 Å². The van der Waals surface area contributed by atoms with Crippen LogP contribution in [0.2, 0.25) is 0 Å². The first-order chi connectivity index (χ1) is 22.5. The number of pyridine rings is 1. The fraction of sp³-hybridized carbons (Fsp3) is 0.171. The summed E-state index contributed by atoms with van der Waals surface area (Å²) >= 11 is 0. The fourth-order valence-electron chi connectivity index (χ4n) is 5.17. The maximum Gasteiger partial charge on any atom is 0.253 e. The average molecular weight is 645 g/mol. The molecule has 1 saturated heterocycles. The molecule has 47 heavy (non-hydrogen) atoms. The second kappa shape index (κ2) is 13.0. The number of nitrogens with zero attached hydrogens (tertiary/aromatic N) is 2. The van der Waals surface area contributed by atoms with Crippen molar-refractivity contribution in [1.29, 1.82) is 0 Å². The van der Waals surface area contributed by atoms with E-state index >= 15 is 4.39 Å². The molecule has 0 spiro atoms. The Morgan fingerprint density at radius 1 is 1.02 bits per heavy atom. The Morgan fingerprint density at radius 3 is 2.55 bits per heavy atom. The van der Waals surface area contributed by atoms with Crippen LogP contribution >= 0.6 is 0 Å². The van der Waals surface area contributed by atoms with E-state index in [4.69, 9.17) is 14.9 Å². The summed E-state index contributed by atoms with van der Waals surface area (Å²) in [6.45, 7) is -0.223. The van der Waals surface area contributed by atoms with Gasteiger partial charge in [0.15, 0.2) is 11.3 Å². The molecule has 1 aliphatic heterocycles. The van der Waals surface area contributed by atoms with Crippen molar-refractivity contribution in [2.75, 3.05) is 18.8 Å². The Balaban J connectivity index is 1.26. The van der Waals surface area contributed by atoms with Gasteiger partial charge in [0.1, 0.15) is 29.0 Å². The number of alkyl halides is 2. The summed E-state index contributed by atoms with van der Waals surface area (Å²) in [4.78, 5) is 30.6. The molecule has 0 unspecified atom stereocenters. The van der Waals surface area contributed by atoms with E-state index in [9.17, 15) is 22.8 Å². The molecular formula is C35H28F4N4O4. The third-order valence-corrected chi connectivity index (χ3v) is 7.64. The SMILES string of the molecule is Nc1ccc(/C=C/C(=O)NCc2cc3cc(-c4ccc(C(=O)N5CCC(F)(F)CC5)cc4F)cc(Oc4cccc(F)c4)c3o2)cn1. The zero-order valence-electron chi connectivity index (χ0n) is 24.8. The van der Waals surface area contributed by atoms with Gasteiger partial charge in [0.25, 0.3) is 11.8 Å². The normalized spacial score (nSPS) is 14.4. The third-order valence-electron chi connectivity index (χ3n) is 7.64. The predicted octanol–water partition coefficient (Wildman–Crippen LogP) is 7.35. The van der Waals surface area contributed by atoms with E-state index < -0.39 is 42.2 Å². The largest absolute Gasteiger partial charge is 0.455 e. The van der Waals surface area contributed by atoms with Crippen LogP contribution in [0, 0.1) is 11.6 Å². The van der Waals surface area contributed by atoms with Crippen molar-refractivity contribution in [2.45, 2.75) is 25.3 Å². The van der Waals surface area contributed by atoms with E-state index in [2.05, 4.69) is 10.3 Å². The van der Waals surface area contributed by atoms with E-state index in [-0.39, 0.29) is 47.8 Å². The Kier molecular flexibility index (Phi) is 8.66. The van der Waals surface area contributed by atoms with Gasteiger partial charge in [-0.25, -0.2) is 22.5 Å². The highest BCUT2D eigenvalue weighted by molar-refractivity contribution is 5.96. The molecule has 5 aromatic rings. The summed E-state index contributed by atoms with van der Waals surface area (Å²) in [5.41, 5.74) is 7.09. The summed E-state index contributed by atoms with van der Waals surface area (Å²) in [5.74, 6) is -3.92. The molecule has 240 valence electrons. The number of hydrogen-bond donors (Lipinski definition) is 2. The van der Waals surface area contributed by atoms with E-state index in [1.165, 1.54) is 53.6 Å². The molecule has 6 rings (SSSR count). The van der Waals surface area contributed by atoms with Gasteiger partial charge < -0.3 is 25.1 Å². The van der Waals surface area contributed by atoms with Gasteiger partial charge >= 0.3 is 0 Å². The Labute approximate surface area is 266 Å². The molecule has 1 aliphatic rings. The van der Waals surface area contributed by atoms with Crippen molar-refractivity contribution in [3.05, 3.63) is 114 Å². The number of nitrogen functional groups attached to an aromatic ring is 1. The van der Waals surface area contributed by atoms with Gasteiger partial charge in [0, 0.05) is 60.8 Å². The molecule has 0 aliphatic carbocycles. The lowest BCUT2D eigenvalue weighted by Crippen LogP contribution is -2.42. The molecule has 3 heterocycles. The fourth-order valence-corrected chi connectivity index (χ4v) is 5.17. The highest BCUT2D eigenvalue weighted by atomic mass is 19.3. The zero-order valence-corrected chi connectivity index (χ0v) is 24.8. The number of carbonyl (C=O) groups excluding carboxylic acids is 2. The second-order valence-electron chi connectivity index (χ2n) is 11.1. The Hall–Kier alpha value is -5.65. The highest BCUT2D eigenvalue weighted by Crippen LogP contribution is 2.38. The highest BCUT2D eigenvalue weighted by Gasteiger charge is 2.36. The number of fused-ring (bicyclic) bond motifs is 1. The number of likely N-dealkylation sites (tertiary alicyclic amines) is 1. The summed E-state index contributed by atoms with van der Waals surface area (Å²) in [5, 5.41) is 3.24. The monoisotopic (exact) mass is 644 g/mol. The minimum absolute atomic E-state index is 0.0141. The van der Waals surface area contributed by atoms with Crippen LogP contribution in [0.1, 0.15) is 34.5 Å². The number of furan rings is 1. The Bertz CT molecular complexity index is 1980. The van der Waals surface area contributed by atoms with Gasteiger partial charge in [-0.05, 0) is 71.8 Å². The number of anilines is 1. The van der Waals surface area contributed by atoms with Crippen molar-refractivity contribution in [3.63, 3.8) is 0 Å². The lowest BCUT2D eigenvalue weighted by atomic mass is 10.00. The number of nitrogens with one attached hydrogen (secondary N) is 1. The van der Waals surface area contributed by atoms with Crippen LogP contribution in [0.25, 0.3) is 28.2 Å². The maximum atomic E-state index is 15.6. The molecule has 2 amide bonds. The molecule has 12 heteroatoms. The lowest BCUT2D eigenvalue weighted by Gasteiger charge is -2.31. The predicted molar refractivity (Wildman–Crippen MR) is 168 cm³/mol. The van der Waals surface area contributed by atoms with Crippen LogP contribution in [0.15, 0.2) is 89.5 Å². The number of halogens is 4. The number of carbonyl (C=O) groups is 2. The molecule has 2 aromatic heterocycles. The quantitative estimate of drug-likeness (QED) is 0.135. The number of benzene rings is 3. The Morgan fingerprint density at radius 2 is 1.83 bits per heavy atom.